The lowest BCUT2D eigenvalue weighted by atomic mass is 10.0. The van der Waals surface area contributed by atoms with Gasteiger partial charge in [-0.2, -0.15) is 16.8 Å². The third kappa shape index (κ3) is 7.16. The number of nitrogens with two attached hydrogens (primary N) is 2. The van der Waals surface area contributed by atoms with E-state index in [9.17, 15) is 35.5 Å². The van der Waals surface area contributed by atoms with Crippen LogP contribution in [-0.4, -0.2) is 50.0 Å². The first-order valence-electron chi connectivity index (χ1n) is 10.7. The largest absolute Gasteiger partial charge is 0.386 e. The zero-order valence-electron chi connectivity index (χ0n) is 19.2. The molecule has 0 saturated carbocycles. The molecule has 11 nitrogen and oxygen atoms in total. The minimum atomic E-state index is -4.94. The second-order valence-corrected chi connectivity index (χ2v) is 10.7. The number of rotatable bonds is 10. The fraction of sp³-hybridized carbons (Fsp3) is 0.364. The standard InChI is InChI=1S/C22H28N2O9S2/c1-3-15(23)11-13-7-5-9-17(19(13)34(27,28)29)21(25)33-22(26)18-10-6-8-14(12-16(24)4-2)20(18)35(30,31)32/h5-10,15-16H,3-4,11-12,23-24H2,1-2H3,(H,27,28,29)(H,30,31,32). The average molecular weight is 529 g/mol. The van der Waals surface area contributed by atoms with E-state index in [0.717, 1.165) is 12.1 Å². The Balaban J connectivity index is 2.54. The lowest BCUT2D eigenvalue weighted by Crippen LogP contribution is -2.25. The molecule has 0 spiro atoms. The molecule has 2 rings (SSSR count). The van der Waals surface area contributed by atoms with Crippen molar-refractivity contribution in [1.29, 1.82) is 0 Å². The van der Waals surface area contributed by atoms with E-state index in [1.54, 1.807) is 13.8 Å². The van der Waals surface area contributed by atoms with E-state index < -0.39 is 65.2 Å². The van der Waals surface area contributed by atoms with Crippen molar-refractivity contribution in [3.05, 3.63) is 58.7 Å². The molecule has 0 saturated heterocycles. The Labute approximate surface area is 204 Å². The SMILES string of the molecule is CCC(N)Cc1cccc(C(=O)OC(=O)c2cccc(CC(N)CC)c2S(=O)(=O)O)c1S(=O)(=O)O. The molecule has 0 aromatic heterocycles. The zero-order valence-corrected chi connectivity index (χ0v) is 20.8. The van der Waals surface area contributed by atoms with Crippen LogP contribution in [0, 0.1) is 0 Å². The molecule has 0 aliphatic carbocycles. The van der Waals surface area contributed by atoms with Crippen LogP contribution in [-0.2, 0) is 37.8 Å². The van der Waals surface area contributed by atoms with Gasteiger partial charge in [0.1, 0.15) is 9.79 Å². The Morgan fingerprint density at radius 1 is 0.771 bits per heavy atom. The van der Waals surface area contributed by atoms with Gasteiger partial charge in [0.15, 0.2) is 0 Å². The second kappa shape index (κ2) is 11.4. The Bertz CT molecular complexity index is 1220. The molecule has 35 heavy (non-hydrogen) atoms. The molecule has 0 heterocycles. The van der Waals surface area contributed by atoms with Crippen LogP contribution in [0.5, 0.6) is 0 Å². The molecule has 2 aromatic carbocycles. The van der Waals surface area contributed by atoms with Crippen molar-refractivity contribution in [2.75, 3.05) is 0 Å². The first kappa shape index (κ1) is 28.6. The van der Waals surface area contributed by atoms with Gasteiger partial charge in [-0.05, 0) is 48.9 Å². The predicted octanol–water partition coefficient (Wildman–Crippen LogP) is 1.74. The van der Waals surface area contributed by atoms with E-state index in [1.165, 1.54) is 24.3 Å². The summed E-state index contributed by atoms with van der Waals surface area (Å²) >= 11 is 0. The lowest BCUT2D eigenvalue weighted by molar-refractivity contribution is 0.0391. The fourth-order valence-electron chi connectivity index (χ4n) is 3.47. The highest BCUT2D eigenvalue weighted by molar-refractivity contribution is 7.86. The predicted molar refractivity (Wildman–Crippen MR) is 126 cm³/mol. The van der Waals surface area contributed by atoms with Crippen LogP contribution in [0.2, 0.25) is 0 Å². The van der Waals surface area contributed by atoms with Crippen molar-refractivity contribution in [3.63, 3.8) is 0 Å². The van der Waals surface area contributed by atoms with E-state index in [1.807, 2.05) is 0 Å². The van der Waals surface area contributed by atoms with Gasteiger partial charge in [-0.3, -0.25) is 9.11 Å². The minimum absolute atomic E-state index is 0.00727. The summed E-state index contributed by atoms with van der Waals surface area (Å²) < 4.78 is 72.5. The van der Waals surface area contributed by atoms with Crippen LogP contribution in [0.25, 0.3) is 0 Å². The molecule has 2 atom stereocenters. The Morgan fingerprint density at radius 2 is 1.11 bits per heavy atom. The normalized spacial score (nSPS) is 13.8. The lowest BCUT2D eigenvalue weighted by Gasteiger charge is -2.16. The summed E-state index contributed by atoms with van der Waals surface area (Å²) in [6, 6.07) is 6.46. The Kier molecular flexibility index (Phi) is 9.28. The molecule has 2 aromatic rings. The number of ether oxygens (including phenoxy) is 1. The van der Waals surface area contributed by atoms with Gasteiger partial charge in [0.25, 0.3) is 20.2 Å². The van der Waals surface area contributed by atoms with Crippen molar-refractivity contribution >= 4 is 32.2 Å². The molecule has 2 unspecified atom stereocenters. The van der Waals surface area contributed by atoms with Gasteiger partial charge in [0.2, 0.25) is 0 Å². The van der Waals surface area contributed by atoms with Gasteiger partial charge in [0.05, 0.1) is 11.1 Å². The maximum absolute atomic E-state index is 12.8. The maximum Gasteiger partial charge on any atom is 0.347 e. The van der Waals surface area contributed by atoms with Gasteiger partial charge in [-0.25, -0.2) is 9.59 Å². The number of esters is 2. The van der Waals surface area contributed by atoms with E-state index in [-0.39, 0.29) is 24.0 Å². The molecular formula is C22H28N2O9S2. The van der Waals surface area contributed by atoms with Crippen LogP contribution >= 0.6 is 0 Å². The molecule has 0 fully saturated rings. The summed E-state index contributed by atoms with van der Waals surface area (Å²) in [5, 5.41) is 0. The van der Waals surface area contributed by atoms with E-state index in [4.69, 9.17) is 16.2 Å². The third-order valence-electron chi connectivity index (χ3n) is 5.35. The number of hydrogen-bond donors (Lipinski definition) is 4. The number of hydrogen-bond acceptors (Lipinski definition) is 9. The van der Waals surface area contributed by atoms with E-state index in [0.29, 0.717) is 12.8 Å². The van der Waals surface area contributed by atoms with Crippen molar-refractivity contribution in [1.82, 2.24) is 0 Å². The molecule has 0 bridgehead atoms. The van der Waals surface area contributed by atoms with E-state index in [2.05, 4.69) is 0 Å². The highest BCUT2D eigenvalue weighted by Crippen LogP contribution is 2.26. The molecule has 6 N–H and O–H groups in total. The molecule has 0 radical (unpaired) electrons. The molecule has 192 valence electrons. The van der Waals surface area contributed by atoms with Crippen LogP contribution in [0.4, 0.5) is 0 Å². The first-order valence-corrected chi connectivity index (χ1v) is 13.5. The van der Waals surface area contributed by atoms with E-state index >= 15 is 0 Å². The average Bonchev–Trinajstić information content (AvgIpc) is 2.76. The quantitative estimate of drug-likeness (QED) is 0.198. The van der Waals surface area contributed by atoms with Gasteiger partial charge in [0, 0.05) is 12.1 Å². The summed E-state index contributed by atoms with van der Waals surface area (Å²) in [5.41, 5.74) is 10.6. The first-order chi connectivity index (χ1) is 16.2. The van der Waals surface area contributed by atoms with Gasteiger partial charge in [-0.1, -0.05) is 38.1 Å². The topological polar surface area (TPSA) is 204 Å². The molecule has 0 aliphatic rings. The van der Waals surface area contributed by atoms with Gasteiger partial charge < -0.3 is 16.2 Å². The highest BCUT2D eigenvalue weighted by Gasteiger charge is 2.30. The Morgan fingerprint density at radius 3 is 1.40 bits per heavy atom. The van der Waals surface area contributed by atoms with Crippen LogP contribution in [0.15, 0.2) is 46.2 Å². The second-order valence-electron chi connectivity index (χ2n) is 7.96. The fourth-order valence-corrected chi connectivity index (χ4v) is 5.29. The smallest absolute Gasteiger partial charge is 0.347 e. The van der Waals surface area contributed by atoms with Crippen LogP contribution in [0.1, 0.15) is 58.5 Å². The number of benzene rings is 2. The Hall–Kier alpha value is -2.68. The van der Waals surface area contributed by atoms with Crippen molar-refractivity contribution in [3.8, 4) is 0 Å². The van der Waals surface area contributed by atoms with Crippen molar-refractivity contribution in [2.45, 2.75) is 61.4 Å². The zero-order chi connectivity index (χ0) is 26.6. The van der Waals surface area contributed by atoms with Crippen molar-refractivity contribution < 1.29 is 40.3 Å². The van der Waals surface area contributed by atoms with Gasteiger partial charge in [-0.15, -0.1) is 0 Å². The van der Waals surface area contributed by atoms with Crippen molar-refractivity contribution in [2.24, 2.45) is 11.5 Å². The summed E-state index contributed by atoms with van der Waals surface area (Å²) in [6.45, 7) is 3.53. The summed E-state index contributed by atoms with van der Waals surface area (Å²) in [7, 11) is -9.87. The number of carbonyl (C=O) groups excluding carboxylic acids is 2. The van der Waals surface area contributed by atoms with Gasteiger partial charge >= 0.3 is 11.9 Å². The number of carbonyl (C=O) groups is 2. The molecule has 13 heteroatoms. The highest BCUT2D eigenvalue weighted by atomic mass is 32.2. The summed E-state index contributed by atoms with van der Waals surface area (Å²) in [5.74, 6) is -2.90. The van der Waals surface area contributed by atoms with Crippen LogP contribution in [0.3, 0.4) is 0 Å². The minimum Gasteiger partial charge on any atom is -0.386 e. The summed E-state index contributed by atoms with van der Waals surface area (Å²) in [6.07, 6.45) is 0.976. The molecule has 0 aliphatic heterocycles. The monoisotopic (exact) mass is 528 g/mol. The molecular weight excluding hydrogens is 500 g/mol. The maximum atomic E-state index is 12.8. The third-order valence-corrected chi connectivity index (χ3v) is 7.34. The molecule has 0 amide bonds. The summed E-state index contributed by atoms with van der Waals surface area (Å²) in [4.78, 5) is 24.1. The van der Waals surface area contributed by atoms with Crippen LogP contribution < -0.4 is 11.5 Å².